The van der Waals surface area contributed by atoms with E-state index in [1.165, 1.54) is 0 Å². The summed E-state index contributed by atoms with van der Waals surface area (Å²) in [7, 11) is 0. The minimum atomic E-state index is 0.212. The van der Waals surface area contributed by atoms with Crippen molar-refractivity contribution in [1.82, 2.24) is 5.32 Å². The molecule has 17 heavy (non-hydrogen) atoms. The van der Waals surface area contributed by atoms with Crippen molar-refractivity contribution in [3.05, 3.63) is 34.9 Å². The Morgan fingerprint density at radius 3 is 2.71 bits per heavy atom. The van der Waals surface area contributed by atoms with Crippen LogP contribution in [0.5, 0.6) is 0 Å². The molecule has 0 bridgehead atoms. The second kappa shape index (κ2) is 4.11. The van der Waals surface area contributed by atoms with E-state index in [0.29, 0.717) is 16.0 Å². The van der Waals surface area contributed by atoms with Gasteiger partial charge in [-0.25, -0.2) is 0 Å². The molecule has 1 atom stereocenters. The van der Waals surface area contributed by atoms with Crippen LogP contribution in [0.15, 0.2) is 24.3 Å². The van der Waals surface area contributed by atoms with Crippen LogP contribution >= 0.6 is 11.6 Å². The normalized spacial score (nSPS) is 25.8. The molecule has 1 saturated heterocycles. The van der Waals surface area contributed by atoms with Gasteiger partial charge >= 0.3 is 0 Å². The minimum absolute atomic E-state index is 0.212. The third kappa shape index (κ3) is 1.90. The number of hydrogen-bond donors (Lipinski definition) is 1. The number of ketones is 1. The zero-order valence-electron chi connectivity index (χ0n) is 9.71. The summed E-state index contributed by atoms with van der Waals surface area (Å²) >= 11 is 6.09. The van der Waals surface area contributed by atoms with Crippen LogP contribution in [0.4, 0.5) is 0 Å². The highest BCUT2D eigenvalue weighted by molar-refractivity contribution is 6.34. The van der Waals surface area contributed by atoms with E-state index in [1.54, 1.807) is 6.07 Å². The molecule has 2 nitrogen and oxygen atoms in total. The highest BCUT2D eigenvalue weighted by Crippen LogP contribution is 2.59. The van der Waals surface area contributed by atoms with Crippen molar-refractivity contribution < 1.29 is 4.79 Å². The molecule has 2 fully saturated rings. The van der Waals surface area contributed by atoms with Gasteiger partial charge < -0.3 is 5.32 Å². The Kier molecular flexibility index (Phi) is 2.72. The summed E-state index contributed by atoms with van der Waals surface area (Å²) in [6.45, 7) is 2.10. The van der Waals surface area contributed by atoms with Crippen molar-refractivity contribution in [2.75, 3.05) is 13.1 Å². The molecule has 2 aliphatic rings. The van der Waals surface area contributed by atoms with Crippen molar-refractivity contribution in [2.24, 2.45) is 11.3 Å². The fraction of sp³-hybridized carbons (Fsp3) is 0.500. The molecule has 0 radical (unpaired) electrons. The van der Waals surface area contributed by atoms with Gasteiger partial charge in [0.25, 0.3) is 0 Å². The maximum absolute atomic E-state index is 12.4. The highest BCUT2D eigenvalue weighted by atomic mass is 35.5. The summed E-state index contributed by atoms with van der Waals surface area (Å²) in [6.07, 6.45) is 3.32. The Morgan fingerprint density at radius 2 is 2.00 bits per heavy atom. The Labute approximate surface area is 106 Å². The molecule has 3 heteroatoms. The first-order valence-corrected chi connectivity index (χ1v) is 6.60. The fourth-order valence-electron chi connectivity index (χ4n) is 3.04. The number of piperidine rings is 1. The van der Waals surface area contributed by atoms with Gasteiger partial charge in [0.15, 0.2) is 5.78 Å². The zero-order chi connectivity index (χ0) is 11.9. The molecule has 0 aromatic heterocycles. The predicted octanol–water partition coefficient (Wildman–Crippen LogP) is 2.91. The van der Waals surface area contributed by atoms with Crippen LogP contribution in [-0.4, -0.2) is 18.9 Å². The lowest BCUT2D eigenvalue weighted by Gasteiger charge is -2.23. The maximum Gasteiger partial charge on any atom is 0.168 e. The molecular weight excluding hydrogens is 234 g/mol. The lowest BCUT2D eigenvalue weighted by atomic mass is 9.89. The van der Waals surface area contributed by atoms with Crippen LogP contribution in [0.2, 0.25) is 5.02 Å². The topological polar surface area (TPSA) is 29.1 Å². The Hall–Kier alpha value is -0.860. The van der Waals surface area contributed by atoms with Gasteiger partial charge in [-0.1, -0.05) is 23.7 Å². The molecular formula is C14H16ClNO. The molecule has 1 aromatic carbocycles. The van der Waals surface area contributed by atoms with E-state index in [4.69, 9.17) is 11.6 Å². The number of carbonyl (C=O) groups excluding carboxylic acids is 1. The van der Waals surface area contributed by atoms with Crippen molar-refractivity contribution in [2.45, 2.75) is 19.3 Å². The van der Waals surface area contributed by atoms with Crippen LogP contribution in [0.3, 0.4) is 0 Å². The number of nitrogens with one attached hydrogen (secondary N) is 1. The molecule has 1 aliphatic heterocycles. The van der Waals surface area contributed by atoms with E-state index in [-0.39, 0.29) is 11.7 Å². The van der Waals surface area contributed by atoms with E-state index in [2.05, 4.69) is 5.32 Å². The average molecular weight is 250 g/mol. The van der Waals surface area contributed by atoms with Crippen LogP contribution in [0.25, 0.3) is 0 Å². The van der Waals surface area contributed by atoms with Gasteiger partial charge in [-0.3, -0.25) is 4.79 Å². The number of Topliss-reactive ketones (excluding diaryl/α,β-unsaturated/α-hetero) is 1. The van der Waals surface area contributed by atoms with Crippen LogP contribution in [0.1, 0.15) is 29.6 Å². The first kappa shape index (κ1) is 11.2. The van der Waals surface area contributed by atoms with Crippen molar-refractivity contribution in [3.63, 3.8) is 0 Å². The SMILES string of the molecule is O=C(c1ccccc1Cl)C1CC12CCNCC2. The van der Waals surface area contributed by atoms with Crippen molar-refractivity contribution in [3.8, 4) is 0 Å². The summed E-state index contributed by atoms with van der Waals surface area (Å²) < 4.78 is 0. The molecule has 1 N–H and O–H groups in total. The van der Waals surface area contributed by atoms with Gasteiger partial charge in [-0.05, 0) is 49.9 Å². The summed E-state index contributed by atoms with van der Waals surface area (Å²) in [4.78, 5) is 12.4. The van der Waals surface area contributed by atoms with E-state index in [1.807, 2.05) is 18.2 Å². The van der Waals surface area contributed by atoms with Crippen molar-refractivity contribution >= 4 is 17.4 Å². The van der Waals surface area contributed by atoms with Gasteiger partial charge in [-0.15, -0.1) is 0 Å². The van der Waals surface area contributed by atoms with E-state index in [9.17, 15) is 4.79 Å². The number of hydrogen-bond acceptors (Lipinski definition) is 2. The third-order valence-electron chi connectivity index (χ3n) is 4.24. The van der Waals surface area contributed by atoms with Gasteiger partial charge in [0.1, 0.15) is 0 Å². The van der Waals surface area contributed by atoms with E-state index >= 15 is 0 Å². The number of halogens is 1. The molecule has 1 unspecified atom stereocenters. The van der Waals surface area contributed by atoms with Gasteiger partial charge in [-0.2, -0.15) is 0 Å². The molecule has 0 amide bonds. The summed E-state index contributed by atoms with van der Waals surface area (Å²) in [5, 5.41) is 3.94. The molecule has 90 valence electrons. The summed E-state index contributed by atoms with van der Waals surface area (Å²) in [5.74, 6) is 0.460. The first-order chi connectivity index (χ1) is 8.23. The second-order valence-corrected chi connectivity index (χ2v) is 5.62. The third-order valence-corrected chi connectivity index (χ3v) is 4.57. The smallest absolute Gasteiger partial charge is 0.168 e. The van der Waals surface area contributed by atoms with Crippen LogP contribution in [0, 0.1) is 11.3 Å². The van der Waals surface area contributed by atoms with Crippen molar-refractivity contribution in [1.29, 1.82) is 0 Å². The fourth-order valence-corrected chi connectivity index (χ4v) is 3.27. The maximum atomic E-state index is 12.4. The number of carbonyl (C=O) groups is 1. The molecule has 1 aromatic rings. The van der Waals surface area contributed by atoms with Gasteiger partial charge in [0.2, 0.25) is 0 Å². The standard InChI is InChI=1S/C14H16ClNO/c15-12-4-2-1-3-10(12)13(17)11-9-14(11)5-7-16-8-6-14/h1-4,11,16H,5-9H2. The second-order valence-electron chi connectivity index (χ2n) is 5.21. The largest absolute Gasteiger partial charge is 0.317 e. The molecule has 1 saturated carbocycles. The lowest BCUT2D eigenvalue weighted by Crippen LogP contribution is -2.30. The monoisotopic (exact) mass is 249 g/mol. The van der Waals surface area contributed by atoms with E-state index < -0.39 is 0 Å². The summed E-state index contributed by atoms with van der Waals surface area (Å²) in [5.41, 5.74) is 0.996. The van der Waals surface area contributed by atoms with Gasteiger partial charge in [0, 0.05) is 11.5 Å². The van der Waals surface area contributed by atoms with Crippen LogP contribution in [-0.2, 0) is 0 Å². The minimum Gasteiger partial charge on any atom is -0.317 e. The number of rotatable bonds is 2. The number of benzene rings is 1. The van der Waals surface area contributed by atoms with Crippen LogP contribution < -0.4 is 5.32 Å². The zero-order valence-corrected chi connectivity index (χ0v) is 10.5. The molecule has 1 spiro atoms. The Balaban J connectivity index is 1.79. The van der Waals surface area contributed by atoms with E-state index in [0.717, 1.165) is 32.4 Å². The Morgan fingerprint density at radius 1 is 1.29 bits per heavy atom. The average Bonchev–Trinajstić information content (AvgIpc) is 3.04. The van der Waals surface area contributed by atoms with Gasteiger partial charge in [0.05, 0.1) is 5.02 Å². The quantitative estimate of drug-likeness (QED) is 0.817. The molecule has 1 aliphatic carbocycles. The molecule has 3 rings (SSSR count). The summed E-state index contributed by atoms with van der Waals surface area (Å²) in [6, 6.07) is 7.40. The highest BCUT2D eigenvalue weighted by Gasteiger charge is 2.57. The molecule has 1 heterocycles. The first-order valence-electron chi connectivity index (χ1n) is 6.22. The lowest BCUT2D eigenvalue weighted by molar-refractivity contribution is 0.0941. The Bertz CT molecular complexity index is 451. The predicted molar refractivity (Wildman–Crippen MR) is 68.4 cm³/mol.